The minimum absolute atomic E-state index is 0.291. The zero-order valence-electron chi connectivity index (χ0n) is 12.2. The fourth-order valence-corrected chi connectivity index (χ4v) is 1.80. The van der Waals surface area contributed by atoms with Crippen LogP contribution in [0.4, 0.5) is 9.18 Å². The van der Waals surface area contributed by atoms with Crippen molar-refractivity contribution in [1.29, 1.82) is 0 Å². The second-order valence-electron chi connectivity index (χ2n) is 4.56. The van der Waals surface area contributed by atoms with Gasteiger partial charge in [0.2, 0.25) is 0 Å². The summed E-state index contributed by atoms with van der Waals surface area (Å²) in [5.74, 6) is 0.456. The summed E-state index contributed by atoms with van der Waals surface area (Å²) in [5.41, 5.74) is 1.74. The first kappa shape index (κ1) is 15.6. The van der Waals surface area contributed by atoms with E-state index in [-0.39, 0.29) is 11.8 Å². The fourth-order valence-electron chi connectivity index (χ4n) is 1.80. The van der Waals surface area contributed by atoms with Gasteiger partial charge in [0.1, 0.15) is 11.6 Å². The molecule has 2 aromatic carbocycles. The topological polar surface area (TPSA) is 50.4 Å². The molecular formula is C17H17FN2O2. The molecule has 0 aliphatic carbocycles. The van der Waals surface area contributed by atoms with Crippen molar-refractivity contribution < 1.29 is 13.9 Å². The van der Waals surface area contributed by atoms with Crippen LogP contribution < -0.4 is 15.4 Å². The van der Waals surface area contributed by atoms with E-state index >= 15 is 0 Å². The summed E-state index contributed by atoms with van der Waals surface area (Å²) in [5, 5.41) is 5.32. The zero-order chi connectivity index (χ0) is 15.8. The number of benzene rings is 2. The second kappa shape index (κ2) is 7.83. The number of nitrogens with one attached hydrogen (secondary N) is 2. The van der Waals surface area contributed by atoms with Gasteiger partial charge in [-0.25, -0.2) is 9.18 Å². The first-order chi connectivity index (χ1) is 10.7. The summed E-state index contributed by atoms with van der Waals surface area (Å²) >= 11 is 0. The zero-order valence-corrected chi connectivity index (χ0v) is 12.2. The molecule has 2 N–H and O–H groups in total. The Bertz CT molecular complexity index is 654. The highest BCUT2D eigenvalue weighted by Gasteiger charge is 1.99. The van der Waals surface area contributed by atoms with Crippen LogP contribution in [0.25, 0.3) is 6.08 Å². The van der Waals surface area contributed by atoms with E-state index in [1.165, 1.54) is 18.3 Å². The molecule has 0 atom stereocenters. The number of urea groups is 1. The molecule has 2 rings (SSSR count). The maximum absolute atomic E-state index is 12.7. The highest BCUT2D eigenvalue weighted by molar-refractivity contribution is 5.75. The lowest BCUT2D eigenvalue weighted by Crippen LogP contribution is -2.31. The third kappa shape index (κ3) is 4.94. The van der Waals surface area contributed by atoms with Crippen LogP contribution in [0.2, 0.25) is 0 Å². The number of hydrogen-bond donors (Lipinski definition) is 2. The molecule has 0 fully saturated rings. The SMILES string of the molecule is COc1cccc(CNC(=O)N/C=C/c2ccc(F)cc2)c1. The first-order valence-corrected chi connectivity index (χ1v) is 6.77. The Balaban J connectivity index is 1.79. The molecule has 0 aliphatic rings. The standard InChI is InChI=1S/C17H17FN2O2/c1-22-16-4-2-3-14(11-16)12-20-17(21)19-10-9-13-5-7-15(18)8-6-13/h2-11H,12H2,1H3,(H2,19,20,21)/b10-9+. The summed E-state index contributed by atoms with van der Waals surface area (Å²) in [6.07, 6.45) is 3.19. The minimum atomic E-state index is -0.318. The Labute approximate surface area is 128 Å². The van der Waals surface area contributed by atoms with Gasteiger partial charge in [-0.2, -0.15) is 0 Å². The summed E-state index contributed by atoms with van der Waals surface area (Å²) in [6, 6.07) is 13.1. The van der Waals surface area contributed by atoms with Gasteiger partial charge in [0.05, 0.1) is 7.11 Å². The molecule has 0 saturated heterocycles. The molecule has 22 heavy (non-hydrogen) atoms. The van der Waals surface area contributed by atoms with Gasteiger partial charge in [-0.1, -0.05) is 24.3 Å². The number of rotatable bonds is 5. The van der Waals surface area contributed by atoms with Crippen LogP contribution in [0.15, 0.2) is 54.7 Å². The lowest BCUT2D eigenvalue weighted by molar-refractivity contribution is 0.244. The lowest BCUT2D eigenvalue weighted by atomic mass is 10.2. The molecular weight excluding hydrogens is 283 g/mol. The average Bonchev–Trinajstić information content (AvgIpc) is 2.55. The van der Waals surface area contributed by atoms with Gasteiger partial charge < -0.3 is 15.4 Å². The number of halogens is 1. The monoisotopic (exact) mass is 300 g/mol. The normalized spacial score (nSPS) is 10.5. The van der Waals surface area contributed by atoms with Crippen LogP contribution in [0.1, 0.15) is 11.1 Å². The summed E-state index contributed by atoms with van der Waals surface area (Å²) in [4.78, 5) is 11.7. The van der Waals surface area contributed by atoms with Crippen molar-refractivity contribution in [2.45, 2.75) is 6.54 Å². The Hall–Kier alpha value is -2.82. The van der Waals surface area contributed by atoms with E-state index in [9.17, 15) is 9.18 Å². The molecule has 0 unspecified atom stereocenters. The molecule has 0 bridgehead atoms. The molecule has 2 aromatic rings. The summed E-state index contributed by atoms with van der Waals surface area (Å²) in [7, 11) is 1.60. The molecule has 0 heterocycles. The van der Waals surface area contributed by atoms with Gasteiger partial charge in [-0.15, -0.1) is 0 Å². The van der Waals surface area contributed by atoms with E-state index < -0.39 is 0 Å². The summed E-state index contributed by atoms with van der Waals surface area (Å²) in [6.45, 7) is 0.396. The van der Waals surface area contributed by atoms with E-state index in [1.807, 2.05) is 24.3 Å². The third-order valence-corrected chi connectivity index (χ3v) is 2.95. The minimum Gasteiger partial charge on any atom is -0.497 e. The van der Waals surface area contributed by atoms with Gasteiger partial charge in [-0.05, 0) is 41.5 Å². The highest BCUT2D eigenvalue weighted by Crippen LogP contribution is 2.12. The van der Waals surface area contributed by atoms with E-state index in [0.29, 0.717) is 6.54 Å². The number of carbonyl (C=O) groups excluding carboxylic acids is 1. The molecule has 0 radical (unpaired) electrons. The Morgan fingerprint density at radius 2 is 2.00 bits per heavy atom. The Morgan fingerprint density at radius 1 is 1.23 bits per heavy atom. The quantitative estimate of drug-likeness (QED) is 0.890. The number of carbonyl (C=O) groups is 1. The number of amides is 2. The largest absolute Gasteiger partial charge is 0.497 e. The molecule has 0 aromatic heterocycles. The average molecular weight is 300 g/mol. The van der Waals surface area contributed by atoms with Gasteiger partial charge >= 0.3 is 6.03 Å². The van der Waals surface area contributed by atoms with E-state index in [2.05, 4.69) is 10.6 Å². The Morgan fingerprint density at radius 3 is 2.73 bits per heavy atom. The van der Waals surface area contributed by atoms with Crippen LogP contribution in [-0.2, 0) is 6.54 Å². The van der Waals surface area contributed by atoms with Crippen LogP contribution in [0.5, 0.6) is 5.75 Å². The van der Waals surface area contributed by atoms with Crippen molar-refractivity contribution in [3.05, 3.63) is 71.7 Å². The predicted octanol–water partition coefficient (Wildman–Crippen LogP) is 3.30. The lowest BCUT2D eigenvalue weighted by Gasteiger charge is -2.06. The molecule has 0 aliphatic heterocycles. The van der Waals surface area contributed by atoms with Crippen LogP contribution in [0, 0.1) is 5.82 Å². The van der Waals surface area contributed by atoms with Crippen molar-refractivity contribution >= 4 is 12.1 Å². The van der Waals surface area contributed by atoms with Gasteiger partial charge in [0.15, 0.2) is 0 Å². The molecule has 5 heteroatoms. The van der Waals surface area contributed by atoms with E-state index in [0.717, 1.165) is 16.9 Å². The van der Waals surface area contributed by atoms with Crippen molar-refractivity contribution in [3.63, 3.8) is 0 Å². The molecule has 2 amide bonds. The maximum atomic E-state index is 12.7. The maximum Gasteiger partial charge on any atom is 0.319 e. The van der Waals surface area contributed by atoms with Crippen LogP contribution in [-0.4, -0.2) is 13.1 Å². The van der Waals surface area contributed by atoms with E-state index in [1.54, 1.807) is 25.3 Å². The molecule has 0 saturated carbocycles. The molecule has 4 nitrogen and oxygen atoms in total. The predicted molar refractivity (Wildman–Crippen MR) is 83.8 cm³/mol. The number of hydrogen-bond acceptors (Lipinski definition) is 2. The van der Waals surface area contributed by atoms with Crippen molar-refractivity contribution in [2.24, 2.45) is 0 Å². The van der Waals surface area contributed by atoms with Gasteiger partial charge in [0.25, 0.3) is 0 Å². The number of methoxy groups -OCH3 is 1. The second-order valence-corrected chi connectivity index (χ2v) is 4.56. The van der Waals surface area contributed by atoms with Crippen LogP contribution >= 0.6 is 0 Å². The smallest absolute Gasteiger partial charge is 0.319 e. The molecule has 0 spiro atoms. The van der Waals surface area contributed by atoms with Gasteiger partial charge in [0, 0.05) is 12.7 Å². The number of ether oxygens (including phenoxy) is 1. The first-order valence-electron chi connectivity index (χ1n) is 6.77. The van der Waals surface area contributed by atoms with E-state index in [4.69, 9.17) is 4.74 Å². The third-order valence-electron chi connectivity index (χ3n) is 2.95. The fraction of sp³-hybridized carbons (Fsp3) is 0.118. The van der Waals surface area contributed by atoms with Crippen molar-refractivity contribution in [2.75, 3.05) is 7.11 Å². The highest BCUT2D eigenvalue weighted by atomic mass is 19.1. The van der Waals surface area contributed by atoms with Crippen molar-refractivity contribution in [1.82, 2.24) is 10.6 Å². The Kier molecular flexibility index (Phi) is 5.54. The summed E-state index contributed by atoms with van der Waals surface area (Å²) < 4.78 is 17.9. The van der Waals surface area contributed by atoms with Crippen LogP contribution in [0.3, 0.4) is 0 Å². The molecule has 114 valence electrons. The van der Waals surface area contributed by atoms with Crippen molar-refractivity contribution in [3.8, 4) is 5.75 Å². The van der Waals surface area contributed by atoms with Gasteiger partial charge in [-0.3, -0.25) is 0 Å².